The molecule has 0 rings (SSSR count). The highest BCUT2D eigenvalue weighted by Crippen LogP contribution is 2.23. The molecule has 102 valence electrons. The number of rotatable bonds is 9. The zero-order chi connectivity index (χ0) is 13.5. The van der Waals surface area contributed by atoms with Gasteiger partial charge in [-0.25, -0.2) is 0 Å². The Kier molecular flexibility index (Phi) is 7.88. The zero-order valence-electron chi connectivity index (χ0n) is 11.7. The first kappa shape index (κ1) is 16.8. The van der Waals surface area contributed by atoms with Crippen molar-refractivity contribution in [3.05, 3.63) is 0 Å². The van der Waals surface area contributed by atoms with E-state index in [1.165, 1.54) is 6.42 Å². The maximum Gasteiger partial charge on any atom is 0.323 e. The molecule has 0 aliphatic heterocycles. The molecule has 0 heterocycles. The van der Waals surface area contributed by atoms with Crippen molar-refractivity contribution in [1.29, 1.82) is 0 Å². The van der Waals surface area contributed by atoms with Crippen LogP contribution in [0.1, 0.15) is 47.5 Å². The Hall–Kier alpha value is -0.220. The number of carboxylic acid groups (broad SMARTS) is 1. The summed E-state index contributed by atoms with van der Waals surface area (Å²) in [7, 11) is 0. The first-order chi connectivity index (χ1) is 7.81. The molecular weight excluding hydrogens is 234 g/mol. The van der Waals surface area contributed by atoms with E-state index < -0.39 is 11.5 Å². The van der Waals surface area contributed by atoms with Crippen LogP contribution < -0.4 is 5.32 Å². The molecule has 2 atom stereocenters. The first-order valence-corrected chi connectivity index (χ1v) is 7.46. The second-order valence-corrected chi connectivity index (χ2v) is 6.78. The molecule has 2 N–H and O–H groups in total. The molecular formula is C13H27NO2S. The van der Waals surface area contributed by atoms with Gasteiger partial charge in [0.15, 0.2) is 0 Å². The SMILES string of the molecule is CCNC(C)(CC(C)SCCC(C)C)C(=O)O. The summed E-state index contributed by atoms with van der Waals surface area (Å²) in [6.45, 7) is 10.9. The minimum absolute atomic E-state index is 0.369. The maximum atomic E-state index is 11.3. The smallest absolute Gasteiger partial charge is 0.323 e. The summed E-state index contributed by atoms with van der Waals surface area (Å²) in [5.74, 6) is 1.07. The Bertz CT molecular complexity index is 233. The Morgan fingerprint density at radius 3 is 2.41 bits per heavy atom. The van der Waals surface area contributed by atoms with Crippen molar-refractivity contribution >= 4 is 17.7 Å². The van der Waals surface area contributed by atoms with E-state index in [2.05, 4.69) is 26.1 Å². The predicted molar refractivity (Wildman–Crippen MR) is 75.7 cm³/mol. The van der Waals surface area contributed by atoms with Gasteiger partial charge in [-0.1, -0.05) is 27.7 Å². The number of likely N-dealkylation sites (N-methyl/N-ethyl adjacent to an activating group) is 1. The Morgan fingerprint density at radius 2 is 2.00 bits per heavy atom. The normalized spacial score (nSPS) is 16.8. The lowest BCUT2D eigenvalue weighted by molar-refractivity contribution is -0.144. The lowest BCUT2D eigenvalue weighted by atomic mass is 9.96. The predicted octanol–water partition coefficient (Wildman–Crippen LogP) is 3.00. The van der Waals surface area contributed by atoms with Gasteiger partial charge in [-0.2, -0.15) is 11.8 Å². The third kappa shape index (κ3) is 6.94. The van der Waals surface area contributed by atoms with Gasteiger partial charge in [0.25, 0.3) is 0 Å². The third-order valence-corrected chi connectivity index (χ3v) is 4.04. The fraction of sp³-hybridized carbons (Fsp3) is 0.923. The molecule has 0 aromatic carbocycles. The van der Waals surface area contributed by atoms with Gasteiger partial charge in [0.1, 0.15) is 5.54 Å². The number of carbonyl (C=O) groups is 1. The quantitative estimate of drug-likeness (QED) is 0.670. The highest BCUT2D eigenvalue weighted by atomic mass is 32.2. The Morgan fingerprint density at radius 1 is 1.41 bits per heavy atom. The molecule has 0 aromatic rings. The monoisotopic (exact) mass is 261 g/mol. The fourth-order valence-electron chi connectivity index (χ4n) is 1.76. The van der Waals surface area contributed by atoms with Crippen molar-refractivity contribution in [2.75, 3.05) is 12.3 Å². The van der Waals surface area contributed by atoms with Gasteiger partial charge in [0.2, 0.25) is 0 Å². The first-order valence-electron chi connectivity index (χ1n) is 6.41. The molecule has 0 aromatic heterocycles. The standard InChI is InChI=1S/C13H27NO2S/c1-6-14-13(5,12(15)16)9-11(4)17-8-7-10(2)3/h10-11,14H,6-9H2,1-5H3,(H,15,16). The minimum Gasteiger partial charge on any atom is -0.480 e. The fourth-order valence-corrected chi connectivity index (χ4v) is 3.23. The van der Waals surface area contributed by atoms with Crippen molar-refractivity contribution in [1.82, 2.24) is 5.32 Å². The third-order valence-electron chi connectivity index (χ3n) is 2.83. The van der Waals surface area contributed by atoms with Gasteiger partial charge in [0, 0.05) is 5.25 Å². The molecule has 0 spiro atoms. The zero-order valence-corrected chi connectivity index (χ0v) is 12.6. The van der Waals surface area contributed by atoms with E-state index in [0.717, 1.165) is 5.75 Å². The lowest BCUT2D eigenvalue weighted by Crippen LogP contribution is -2.50. The van der Waals surface area contributed by atoms with Crippen molar-refractivity contribution in [2.24, 2.45) is 5.92 Å². The average Bonchev–Trinajstić information content (AvgIpc) is 2.16. The van der Waals surface area contributed by atoms with Crippen molar-refractivity contribution < 1.29 is 9.90 Å². The molecule has 0 aliphatic rings. The minimum atomic E-state index is -0.793. The van der Waals surface area contributed by atoms with E-state index in [9.17, 15) is 9.90 Å². The number of hydrogen-bond donors (Lipinski definition) is 2. The number of aliphatic carboxylic acids is 1. The summed E-state index contributed by atoms with van der Waals surface area (Å²) < 4.78 is 0. The van der Waals surface area contributed by atoms with Gasteiger partial charge in [-0.15, -0.1) is 0 Å². The largest absolute Gasteiger partial charge is 0.480 e. The number of thioether (sulfide) groups is 1. The van der Waals surface area contributed by atoms with Gasteiger partial charge < -0.3 is 10.4 Å². The molecule has 0 fully saturated rings. The molecule has 0 saturated carbocycles. The lowest BCUT2D eigenvalue weighted by Gasteiger charge is -2.28. The summed E-state index contributed by atoms with van der Waals surface area (Å²) >= 11 is 1.87. The van der Waals surface area contributed by atoms with Gasteiger partial charge in [-0.3, -0.25) is 4.79 Å². The van der Waals surface area contributed by atoms with E-state index in [1.54, 1.807) is 6.92 Å². The second-order valence-electron chi connectivity index (χ2n) is 5.24. The summed E-state index contributed by atoms with van der Waals surface area (Å²) in [6.07, 6.45) is 1.86. The van der Waals surface area contributed by atoms with Crippen LogP contribution in [0.5, 0.6) is 0 Å². The Balaban J connectivity index is 4.13. The van der Waals surface area contributed by atoms with Gasteiger partial charge in [0.05, 0.1) is 0 Å². The molecule has 0 amide bonds. The highest BCUT2D eigenvalue weighted by molar-refractivity contribution is 7.99. The van der Waals surface area contributed by atoms with Crippen molar-refractivity contribution in [2.45, 2.75) is 58.2 Å². The topological polar surface area (TPSA) is 49.3 Å². The van der Waals surface area contributed by atoms with E-state index in [0.29, 0.717) is 24.1 Å². The molecule has 17 heavy (non-hydrogen) atoms. The summed E-state index contributed by atoms with van der Waals surface area (Å²) in [5.41, 5.74) is -0.793. The molecule has 3 nitrogen and oxygen atoms in total. The summed E-state index contributed by atoms with van der Waals surface area (Å²) in [4.78, 5) is 11.3. The van der Waals surface area contributed by atoms with Crippen LogP contribution in [0.2, 0.25) is 0 Å². The number of carboxylic acids is 1. The van der Waals surface area contributed by atoms with Gasteiger partial charge in [-0.05, 0) is 38.0 Å². The van der Waals surface area contributed by atoms with E-state index in [1.807, 2.05) is 18.7 Å². The van der Waals surface area contributed by atoms with E-state index >= 15 is 0 Å². The van der Waals surface area contributed by atoms with Crippen LogP contribution in [0, 0.1) is 5.92 Å². The molecule has 4 heteroatoms. The van der Waals surface area contributed by atoms with Crippen LogP contribution in [0.4, 0.5) is 0 Å². The maximum absolute atomic E-state index is 11.3. The van der Waals surface area contributed by atoms with Gasteiger partial charge >= 0.3 is 5.97 Å². The van der Waals surface area contributed by atoms with Crippen LogP contribution in [-0.2, 0) is 4.79 Å². The molecule has 0 aliphatic carbocycles. The average molecular weight is 261 g/mol. The van der Waals surface area contributed by atoms with Crippen LogP contribution >= 0.6 is 11.8 Å². The van der Waals surface area contributed by atoms with E-state index in [4.69, 9.17) is 0 Å². The number of hydrogen-bond acceptors (Lipinski definition) is 3. The highest BCUT2D eigenvalue weighted by Gasteiger charge is 2.33. The van der Waals surface area contributed by atoms with Crippen LogP contribution in [0.25, 0.3) is 0 Å². The van der Waals surface area contributed by atoms with Crippen molar-refractivity contribution in [3.8, 4) is 0 Å². The summed E-state index contributed by atoms with van der Waals surface area (Å²) in [5, 5.41) is 12.7. The van der Waals surface area contributed by atoms with E-state index in [-0.39, 0.29) is 0 Å². The van der Waals surface area contributed by atoms with Crippen LogP contribution in [0.3, 0.4) is 0 Å². The Labute approximate surface area is 110 Å². The molecule has 0 saturated heterocycles. The second kappa shape index (κ2) is 7.98. The van der Waals surface area contributed by atoms with Crippen LogP contribution in [-0.4, -0.2) is 34.2 Å². The van der Waals surface area contributed by atoms with Crippen molar-refractivity contribution in [3.63, 3.8) is 0 Å². The van der Waals surface area contributed by atoms with Crippen LogP contribution in [0.15, 0.2) is 0 Å². The molecule has 0 radical (unpaired) electrons. The molecule has 2 unspecified atom stereocenters. The number of nitrogens with one attached hydrogen (secondary N) is 1. The summed E-state index contributed by atoms with van der Waals surface area (Å²) in [6, 6.07) is 0. The molecule has 0 bridgehead atoms.